The summed E-state index contributed by atoms with van der Waals surface area (Å²) in [5.41, 5.74) is 0. The highest BCUT2D eigenvalue weighted by Crippen LogP contribution is 2.29. The number of rotatable bonds is 3. The van der Waals surface area contributed by atoms with Gasteiger partial charge in [0.05, 0.1) is 6.54 Å². The van der Waals surface area contributed by atoms with Gasteiger partial charge in [-0.3, -0.25) is 4.90 Å². The molecule has 1 heterocycles. The minimum atomic E-state index is -0.111. The Hall–Kier alpha value is -0.810. The van der Waals surface area contributed by atoms with Gasteiger partial charge in [0.25, 0.3) is 0 Å². The van der Waals surface area contributed by atoms with E-state index in [4.69, 9.17) is 12.2 Å². The molecule has 0 bridgehead atoms. The van der Waals surface area contributed by atoms with E-state index >= 15 is 0 Å². The first-order valence-electron chi connectivity index (χ1n) is 5.70. The summed E-state index contributed by atoms with van der Waals surface area (Å²) >= 11 is 6.67. The molecule has 94 valence electrons. The summed E-state index contributed by atoms with van der Waals surface area (Å²) in [6.07, 6.45) is 7.11. The number of urea groups is 1. The lowest BCUT2D eigenvalue weighted by atomic mass is 10.3. The maximum absolute atomic E-state index is 11.8. The zero-order chi connectivity index (χ0) is 12.8. The van der Waals surface area contributed by atoms with Crippen molar-refractivity contribution >= 4 is 34.3 Å². The highest BCUT2D eigenvalue weighted by Gasteiger charge is 2.27. The zero-order valence-electron chi connectivity index (χ0n) is 10.4. The Bertz CT molecular complexity index is 362. The molecular formula is C12H18N2OS2. The Morgan fingerprint density at radius 1 is 1.65 bits per heavy atom. The fourth-order valence-electron chi connectivity index (χ4n) is 1.30. The van der Waals surface area contributed by atoms with Crippen LogP contribution in [0.4, 0.5) is 4.79 Å². The molecule has 0 atom stereocenters. The van der Waals surface area contributed by atoms with Gasteiger partial charge >= 0.3 is 6.03 Å². The van der Waals surface area contributed by atoms with Gasteiger partial charge < -0.3 is 5.32 Å². The molecule has 1 fully saturated rings. The molecule has 0 spiro atoms. The summed E-state index contributed by atoms with van der Waals surface area (Å²) in [4.78, 5) is 14.5. The largest absolute Gasteiger partial charge is 0.335 e. The van der Waals surface area contributed by atoms with Crippen LogP contribution in [-0.2, 0) is 0 Å². The molecule has 0 aromatic heterocycles. The van der Waals surface area contributed by atoms with E-state index in [0.29, 0.717) is 10.9 Å². The molecule has 0 aromatic rings. The van der Waals surface area contributed by atoms with Crippen molar-refractivity contribution in [2.75, 3.05) is 6.54 Å². The average molecular weight is 270 g/mol. The molecule has 5 heteroatoms. The minimum absolute atomic E-state index is 0.111. The highest BCUT2D eigenvalue weighted by molar-refractivity contribution is 8.25. The van der Waals surface area contributed by atoms with E-state index in [-0.39, 0.29) is 12.1 Å². The van der Waals surface area contributed by atoms with Crippen LogP contribution in [0.25, 0.3) is 0 Å². The van der Waals surface area contributed by atoms with Gasteiger partial charge in [-0.2, -0.15) is 0 Å². The molecule has 0 radical (unpaired) electrons. The topological polar surface area (TPSA) is 32.3 Å². The zero-order valence-corrected chi connectivity index (χ0v) is 12.0. The smallest absolute Gasteiger partial charge is 0.323 e. The van der Waals surface area contributed by atoms with E-state index in [9.17, 15) is 4.79 Å². The van der Waals surface area contributed by atoms with Crippen LogP contribution in [0.2, 0.25) is 0 Å². The third-order valence-electron chi connectivity index (χ3n) is 2.06. The van der Waals surface area contributed by atoms with Gasteiger partial charge in [0.1, 0.15) is 4.32 Å². The van der Waals surface area contributed by atoms with Crippen molar-refractivity contribution in [2.24, 2.45) is 0 Å². The molecule has 1 aliphatic heterocycles. The molecule has 1 aliphatic rings. The van der Waals surface area contributed by atoms with E-state index in [1.807, 2.05) is 26.0 Å². The average Bonchev–Trinajstić information content (AvgIpc) is 2.59. The van der Waals surface area contributed by atoms with Crippen LogP contribution in [0.3, 0.4) is 0 Å². The summed E-state index contributed by atoms with van der Waals surface area (Å²) in [6.45, 7) is 6.54. The summed E-state index contributed by atoms with van der Waals surface area (Å²) in [5, 5.41) is 2.84. The number of nitrogens with zero attached hydrogens (tertiary/aromatic N) is 1. The van der Waals surface area contributed by atoms with Gasteiger partial charge in [0, 0.05) is 10.9 Å². The normalized spacial score (nSPS) is 18.7. The summed E-state index contributed by atoms with van der Waals surface area (Å²) in [7, 11) is 0. The fraction of sp³-hybridized carbons (Fsp3) is 0.500. The van der Waals surface area contributed by atoms with E-state index in [2.05, 4.69) is 18.3 Å². The van der Waals surface area contributed by atoms with E-state index in [1.54, 1.807) is 4.90 Å². The van der Waals surface area contributed by atoms with Gasteiger partial charge in [-0.15, -0.1) is 0 Å². The summed E-state index contributed by atoms with van der Waals surface area (Å²) < 4.78 is 0.624. The SMILES string of the molecule is CC/C=C\C=C1/CN(C(=O)NC(C)C)C(=S)S1. The first-order chi connectivity index (χ1) is 8.04. The lowest BCUT2D eigenvalue weighted by Crippen LogP contribution is -2.42. The van der Waals surface area contributed by atoms with Crippen molar-refractivity contribution in [1.29, 1.82) is 0 Å². The van der Waals surface area contributed by atoms with Crippen LogP contribution in [0, 0.1) is 0 Å². The fourth-order valence-corrected chi connectivity index (χ4v) is 2.59. The van der Waals surface area contributed by atoms with Crippen LogP contribution < -0.4 is 5.32 Å². The van der Waals surface area contributed by atoms with Gasteiger partial charge in [0.15, 0.2) is 0 Å². The Kier molecular flexibility index (Phi) is 5.71. The van der Waals surface area contributed by atoms with Crippen LogP contribution >= 0.6 is 24.0 Å². The summed E-state index contributed by atoms with van der Waals surface area (Å²) in [5.74, 6) is 0. The number of hydrogen-bond donors (Lipinski definition) is 1. The molecule has 0 aromatic carbocycles. The van der Waals surface area contributed by atoms with Gasteiger partial charge in [-0.05, 0) is 20.3 Å². The number of carbonyl (C=O) groups is 1. The molecule has 3 nitrogen and oxygen atoms in total. The number of hydrogen-bond acceptors (Lipinski definition) is 3. The van der Waals surface area contributed by atoms with E-state index in [1.165, 1.54) is 11.8 Å². The van der Waals surface area contributed by atoms with Crippen molar-refractivity contribution in [3.8, 4) is 0 Å². The third kappa shape index (κ3) is 4.52. The number of thiocarbonyl (C=S) groups is 1. The second-order valence-corrected chi connectivity index (χ2v) is 5.79. The molecular weight excluding hydrogens is 252 g/mol. The standard InChI is InChI=1S/C12H18N2OS2/c1-4-5-6-7-10-8-14(12(16)17-10)11(15)13-9(2)3/h5-7,9H,4,8H2,1-3H3,(H,13,15)/b6-5-,10-7+. The first kappa shape index (κ1) is 14.3. The highest BCUT2D eigenvalue weighted by atomic mass is 32.2. The maximum atomic E-state index is 11.8. The second-order valence-electron chi connectivity index (χ2n) is 4.03. The van der Waals surface area contributed by atoms with Crippen molar-refractivity contribution in [3.05, 3.63) is 23.1 Å². The van der Waals surface area contributed by atoms with Crippen molar-refractivity contribution in [1.82, 2.24) is 10.2 Å². The van der Waals surface area contributed by atoms with Gasteiger partial charge in [0.2, 0.25) is 0 Å². The molecule has 0 saturated carbocycles. The molecule has 1 N–H and O–H groups in total. The van der Waals surface area contributed by atoms with Crippen molar-refractivity contribution in [2.45, 2.75) is 33.2 Å². The summed E-state index contributed by atoms with van der Waals surface area (Å²) in [6, 6.07) is 0.0173. The van der Waals surface area contributed by atoms with E-state index in [0.717, 1.165) is 11.3 Å². The van der Waals surface area contributed by atoms with Gasteiger partial charge in [-0.1, -0.05) is 49.1 Å². The predicted octanol–water partition coefficient (Wildman–Crippen LogP) is 3.29. The number of nitrogens with one attached hydrogen (secondary N) is 1. The minimum Gasteiger partial charge on any atom is -0.335 e. The molecule has 17 heavy (non-hydrogen) atoms. The van der Waals surface area contributed by atoms with Gasteiger partial charge in [-0.25, -0.2) is 4.79 Å². The first-order valence-corrected chi connectivity index (χ1v) is 6.92. The molecule has 1 saturated heterocycles. The Morgan fingerprint density at radius 2 is 2.35 bits per heavy atom. The number of amides is 2. The van der Waals surface area contributed by atoms with Crippen LogP contribution in [0.1, 0.15) is 27.2 Å². The molecule has 2 amide bonds. The lowest BCUT2D eigenvalue weighted by molar-refractivity contribution is 0.222. The number of allylic oxidation sites excluding steroid dienone is 3. The molecule has 0 aliphatic carbocycles. The van der Waals surface area contributed by atoms with Crippen LogP contribution in [0.5, 0.6) is 0 Å². The van der Waals surface area contributed by atoms with Crippen LogP contribution in [-0.4, -0.2) is 27.8 Å². The quantitative estimate of drug-likeness (QED) is 0.799. The predicted molar refractivity (Wildman–Crippen MR) is 78.1 cm³/mol. The number of thioether (sulfide) groups is 1. The Morgan fingerprint density at radius 3 is 2.94 bits per heavy atom. The molecule has 0 unspecified atom stereocenters. The van der Waals surface area contributed by atoms with Crippen LogP contribution in [0.15, 0.2) is 23.1 Å². The third-order valence-corrected chi connectivity index (χ3v) is 3.46. The maximum Gasteiger partial charge on any atom is 0.323 e. The lowest BCUT2D eigenvalue weighted by Gasteiger charge is -2.17. The monoisotopic (exact) mass is 270 g/mol. The Labute approximate surface area is 112 Å². The second kappa shape index (κ2) is 6.81. The van der Waals surface area contributed by atoms with E-state index < -0.39 is 0 Å². The van der Waals surface area contributed by atoms with Crippen molar-refractivity contribution in [3.63, 3.8) is 0 Å². The molecule has 1 rings (SSSR count). The Balaban J connectivity index is 2.61. The number of carbonyl (C=O) groups excluding carboxylic acids is 1. The van der Waals surface area contributed by atoms with Crippen molar-refractivity contribution < 1.29 is 4.79 Å².